The van der Waals surface area contributed by atoms with Gasteiger partial charge in [-0.15, -0.1) is 0 Å². The first-order valence-corrected chi connectivity index (χ1v) is 8.97. The highest BCUT2D eigenvalue weighted by Gasteiger charge is 2.22. The topological polar surface area (TPSA) is 28.2 Å². The Bertz CT molecular complexity index is 743. The second-order valence-corrected chi connectivity index (χ2v) is 6.84. The fourth-order valence-electron chi connectivity index (χ4n) is 4.02. The maximum Gasteiger partial charge on any atom is 0.0273 e. The highest BCUT2D eigenvalue weighted by atomic mass is 15.2. The summed E-state index contributed by atoms with van der Waals surface area (Å²) in [6, 6.07) is 11.0. The standard InChI is InChI=1S/C21H25N3/c1-16-15-21-19(17-5-8-22-9-6-17)3-2-4-20(21)18(16)7-12-24-13-10-23-11-14-24/h2-6,8-9,23H,7,10-15H2,1H3. The highest BCUT2D eigenvalue weighted by molar-refractivity contribution is 5.83. The Morgan fingerprint density at radius 1 is 1.04 bits per heavy atom. The average Bonchev–Trinajstić information content (AvgIpc) is 2.97. The van der Waals surface area contributed by atoms with E-state index in [4.69, 9.17) is 0 Å². The van der Waals surface area contributed by atoms with Gasteiger partial charge in [-0.2, -0.15) is 0 Å². The molecule has 0 amide bonds. The molecule has 1 saturated heterocycles. The summed E-state index contributed by atoms with van der Waals surface area (Å²) in [5.74, 6) is 0. The van der Waals surface area contributed by atoms with Crippen LogP contribution >= 0.6 is 0 Å². The smallest absolute Gasteiger partial charge is 0.0273 e. The molecule has 1 aromatic carbocycles. The van der Waals surface area contributed by atoms with Crippen LogP contribution < -0.4 is 5.32 Å². The van der Waals surface area contributed by atoms with Crippen LogP contribution in [0.3, 0.4) is 0 Å². The Kier molecular flexibility index (Phi) is 4.46. The van der Waals surface area contributed by atoms with Gasteiger partial charge in [0, 0.05) is 45.1 Å². The maximum absolute atomic E-state index is 4.15. The van der Waals surface area contributed by atoms with Crippen molar-refractivity contribution in [3.63, 3.8) is 0 Å². The van der Waals surface area contributed by atoms with Crippen LogP contribution in [0.15, 0.2) is 48.3 Å². The Hall–Kier alpha value is -1.97. The molecule has 1 aromatic heterocycles. The number of hydrogen-bond donors (Lipinski definition) is 1. The minimum atomic E-state index is 1.09. The Morgan fingerprint density at radius 3 is 2.58 bits per heavy atom. The van der Waals surface area contributed by atoms with Crippen LogP contribution in [0.5, 0.6) is 0 Å². The zero-order valence-corrected chi connectivity index (χ0v) is 14.4. The molecule has 0 atom stereocenters. The molecule has 2 aliphatic rings. The number of aromatic nitrogens is 1. The monoisotopic (exact) mass is 319 g/mol. The molecule has 0 spiro atoms. The van der Waals surface area contributed by atoms with Gasteiger partial charge in [-0.1, -0.05) is 23.8 Å². The van der Waals surface area contributed by atoms with Crippen molar-refractivity contribution in [2.75, 3.05) is 32.7 Å². The molecular weight excluding hydrogens is 294 g/mol. The number of nitrogens with zero attached hydrogens (tertiary/aromatic N) is 2. The fraction of sp³-hybridized carbons (Fsp3) is 0.381. The number of allylic oxidation sites excluding steroid dienone is 1. The van der Waals surface area contributed by atoms with Crippen LogP contribution in [0.4, 0.5) is 0 Å². The maximum atomic E-state index is 4.15. The predicted octanol–water partition coefficient (Wildman–Crippen LogP) is 3.37. The van der Waals surface area contributed by atoms with E-state index in [2.05, 4.69) is 52.5 Å². The molecule has 1 aliphatic carbocycles. The summed E-state index contributed by atoms with van der Waals surface area (Å²) in [7, 11) is 0. The molecule has 124 valence electrons. The van der Waals surface area contributed by atoms with E-state index in [1.807, 2.05) is 12.4 Å². The Balaban J connectivity index is 1.57. The first kappa shape index (κ1) is 15.6. The van der Waals surface area contributed by atoms with Crippen LogP contribution in [0, 0.1) is 0 Å². The van der Waals surface area contributed by atoms with E-state index in [9.17, 15) is 0 Å². The lowest BCUT2D eigenvalue weighted by Gasteiger charge is -2.27. The van der Waals surface area contributed by atoms with Gasteiger partial charge < -0.3 is 10.2 Å². The van der Waals surface area contributed by atoms with Crippen molar-refractivity contribution >= 4 is 5.57 Å². The Morgan fingerprint density at radius 2 is 1.79 bits per heavy atom. The van der Waals surface area contributed by atoms with Crippen molar-refractivity contribution in [3.8, 4) is 11.1 Å². The van der Waals surface area contributed by atoms with Gasteiger partial charge in [-0.3, -0.25) is 4.98 Å². The minimum Gasteiger partial charge on any atom is -0.314 e. The van der Waals surface area contributed by atoms with Gasteiger partial charge in [-0.25, -0.2) is 0 Å². The number of piperazine rings is 1. The van der Waals surface area contributed by atoms with Crippen molar-refractivity contribution in [2.24, 2.45) is 0 Å². The normalized spacial score (nSPS) is 18.0. The number of fused-ring (bicyclic) bond motifs is 1. The van der Waals surface area contributed by atoms with E-state index in [0.29, 0.717) is 0 Å². The van der Waals surface area contributed by atoms with Crippen molar-refractivity contribution in [2.45, 2.75) is 19.8 Å². The van der Waals surface area contributed by atoms with Gasteiger partial charge >= 0.3 is 0 Å². The van der Waals surface area contributed by atoms with Crippen LogP contribution in [0.1, 0.15) is 24.5 Å². The molecule has 2 aromatic rings. The number of hydrogen-bond acceptors (Lipinski definition) is 3. The third kappa shape index (κ3) is 3.02. The van der Waals surface area contributed by atoms with Gasteiger partial charge in [0.2, 0.25) is 0 Å². The minimum absolute atomic E-state index is 1.09. The molecule has 0 unspecified atom stereocenters. The van der Waals surface area contributed by atoms with E-state index >= 15 is 0 Å². The molecule has 1 aliphatic heterocycles. The lowest BCUT2D eigenvalue weighted by atomic mass is 9.95. The third-order valence-electron chi connectivity index (χ3n) is 5.34. The number of nitrogens with one attached hydrogen (secondary N) is 1. The summed E-state index contributed by atoms with van der Waals surface area (Å²) < 4.78 is 0. The molecule has 3 nitrogen and oxygen atoms in total. The van der Waals surface area contributed by atoms with Crippen LogP contribution in [0.2, 0.25) is 0 Å². The van der Waals surface area contributed by atoms with E-state index in [1.54, 1.807) is 11.1 Å². The quantitative estimate of drug-likeness (QED) is 0.936. The Labute approximate surface area is 144 Å². The summed E-state index contributed by atoms with van der Waals surface area (Å²) in [5, 5.41) is 3.43. The van der Waals surface area contributed by atoms with Gasteiger partial charge in [0.1, 0.15) is 0 Å². The SMILES string of the molecule is CC1=C(CCN2CCNCC2)c2cccc(-c3ccncc3)c2C1. The number of rotatable bonds is 4. The van der Waals surface area contributed by atoms with Crippen molar-refractivity contribution < 1.29 is 0 Å². The van der Waals surface area contributed by atoms with E-state index in [-0.39, 0.29) is 0 Å². The van der Waals surface area contributed by atoms with E-state index in [0.717, 1.165) is 19.5 Å². The third-order valence-corrected chi connectivity index (χ3v) is 5.34. The lowest BCUT2D eigenvalue weighted by Crippen LogP contribution is -2.43. The molecule has 0 saturated carbocycles. The average molecular weight is 319 g/mol. The zero-order chi connectivity index (χ0) is 16.4. The molecular formula is C21H25N3. The van der Waals surface area contributed by atoms with Gasteiger partial charge in [-0.05, 0) is 59.7 Å². The van der Waals surface area contributed by atoms with Crippen LogP contribution in [0.25, 0.3) is 16.7 Å². The molecule has 3 heteroatoms. The molecule has 0 bridgehead atoms. The lowest BCUT2D eigenvalue weighted by molar-refractivity contribution is 0.246. The first-order valence-electron chi connectivity index (χ1n) is 8.97. The van der Waals surface area contributed by atoms with Crippen molar-refractivity contribution in [1.29, 1.82) is 0 Å². The summed E-state index contributed by atoms with van der Waals surface area (Å²) in [6.45, 7) is 8.09. The fourth-order valence-corrected chi connectivity index (χ4v) is 4.02. The number of pyridine rings is 1. The largest absolute Gasteiger partial charge is 0.314 e. The van der Waals surface area contributed by atoms with Crippen LogP contribution in [-0.2, 0) is 6.42 Å². The van der Waals surface area contributed by atoms with Crippen LogP contribution in [-0.4, -0.2) is 42.6 Å². The summed E-state index contributed by atoms with van der Waals surface area (Å²) >= 11 is 0. The van der Waals surface area contributed by atoms with Crippen molar-refractivity contribution in [1.82, 2.24) is 15.2 Å². The molecule has 2 heterocycles. The van der Waals surface area contributed by atoms with Gasteiger partial charge in [0.15, 0.2) is 0 Å². The predicted molar refractivity (Wildman–Crippen MR) is 99.9 cm³/mol. The van der Waals surface area contributed by atoms with Crippen molar-refractivity contribution in [3.05, 3.63) is 59.4 Å². The van der Waals surface area contributed by atoms with Gasteiger partial charge in [0.05, 0.1) is 0 Å². The summed E-state index contributed by atoms with van der Waals surface area (Å²) in [6.07, 6.45) is 6.02. The molecule has 4 rings (SSSR count). The molecule has 24 heavy (non-hydrogen) atoms. The second-order valence-electron chi connectivity index (χ2n) is 6.84. The summed E-state index contributed by atoms with van der Waals surface area (Å²) in [4.78, 5) is 6.74. The van der Waals surface area contributed by atoms with E-state index in [1.165, 1.54) is 48.3 Å². The highest BCUT2D eigenvalue weighted by Crippen LogP contribution is 2.40. The first-order chi connectivity index (χ1) is 11.8. The second kappa shape index (κ2) is 6.88. The molecule has 1 N–H and O–H groups in total. The van der Waals surface area contributed by atoms with E-state index < -0.39 is 0 Å². The molecule has 0 radical (unpaired) electrons. The molecule has 1 fully saturated rings. The number of benzene rings is 1. The summed E-state index contributed by atoms with van der Waals surface area (Å²) in [5.41, 5.74) is 8.72. The zero-order valence-electron chi connectivity index (χ0n) is 14.4. The van der Waals surface area contributed by atoms with Gasteiger partial charge in [0.25, 0.3) is 0 Å².